The van der Waals surface area contributed by atoms with Gasteiger partial charge in [0.1, 0.15) is 5.69 Å². The number of benzene rings is 1. The Balaban J connectivity index is 2.02. The highest BCUT2D eigenvalue weighted by molar-refractivity contribution is 5.92. The van der Waals surface area contributed by atoms with E-state index < -0.39 is 11.7 Å². The van der Waals surface area contributed by atoms with Gasteiger partial charge in [-0.2, -0.15) is 18.3 Å². The van der Waals surface area contributed by atoms with Gasteiger partial charge in [0.05, 0.1) is 11.1 Å². The van der Waals surface area contributed by atoms with Gasteiger partial charge in [0.2, 0.25) is 0 Å². The second-order valence-electron chi connectivity index (χ2n) is 5.57. The van der Waals surface area contributed by atoms with Crippen LogP contribution in [0.15, 0.2) is 73.2 Å². The fourth-order valence-corrected chi connectivity index (χ4v) is 2.82. The second-order valence-corrected chi connectivity index (χ2v) is 5.57. The van der Waals surface area contributed by atoms with Gasteiger partial charge in [0.15, 0.2) is 0 Å². The number of hydrogen-bond donors (Lipinski definition) is 0. The standard InChI is InChI=1S/C19H12F3N3/c20-19(21,22)15-6-7-16-17(13-8-10-23-11-9-13)18(24-25(16)12-15)14-4-2-1-3-5-14/h1-12H. The molecule has 4 aromatic rings. The Morgan fingerprint density at radius 2 is 1.52 bits per heavy atom. The Morgan fingerprint density at radius 1 is 0.800 bits per heavy atom. The maximum atomic E-state index is 13.0. The highest BCUT2D eigenvalue weighted by Gasteiger charge is 2.31. The van der Waals surface area contributed by atoms with Crippen molar-refractivity contribution in [3.63, 3.8) is 0 Å². The number of alkyl halides is 3. The maximum absolute atomic E-state index is 13.0. The molecule has 0 radical (unpaired) electrons. The summed E-state index contributed by atoms with van der Waals surface area (Å²) in [5.74, 6) is 0. The van der Waals surface area contributed by atoms with Gasteiger partial charge in [-0.05, 0) is 29.8 Å². The molecule has 124 valence electrons. The summed E-state index contributed by atoms with van der Waals surface area (Å²) in [6, 6.07) is 15.6. The first-order valence-corrected chi connectivity index (χ1v) is 7.59. The van der Waals surface area contributed by atoms with Crippen molar-refractivity contribution in [2.24, 2.45) is 0 Å². The first kappa shape index (κ1) is 15.4. The van der Waals surface area contributed by atoms with Gasteiger partial charge >= 0.3 is 6.18 Å². The highest BCUT2D eigenvalue weighted by Crippen LogP contribution is 2.36. The van der Waals surface area contributed by atoms with Crippen LogP contribution in [0.1, 0.15) is 5.56 Å². The van der Waals surface area contributed by atoms with Crippen molar-refractivity contribution < 1.29 is 13.2 Å². The van der Waals surface area contributed by atoms with Crippen molar-refractivity contribution in [1.29, 1.82) is 0 Å². The molecular formula is C19H12F3N3. The maximum Gasteiger partial charge on any atom is 0.417 e. The molecule has 25 heavy (non-hydrogen) atoms. The lowest BCUT2D eigenvalue weighted by Gasteiger charge is -2.07. The van der Waals surface area contributed by atoms with E-state index in [-0.39, 0.29) is 0 Å². The van der Waals surface area contributed by atoms with Crippen LogP contribution in [0, 0.1) is 0 Å². The van der Waals surface area contributed by atoms with Crippen LogP contribution in [0.5, 0.6) is 0 Å². The van der Waals surface area contributed by atoms with E-state index >= 15 is 0 Å². The van der Waals surface area contributed by atoms with Gasteiger partial charge in [-0.25, -0.2) is 4.52 Å². The van der Waals surface area contributed by atoms with E-state index in [0.29, 0.717) is 11.2 Å². The number of fused-ring (bicyclic) bond motifs is 1. The van der Waals surface area contributed by atoms with Crippen LogP contribution in [-0.4, -0.2) is 14.6 Å². The van der Waals surface area contributed by atoms with E-state index in [0.717, 1.165) is 29.0 Å². The molecule has 0 saturated heterocycles. The number of hydrogen-bond acceptors (Lipinski definition) is 2. The van der Waals surface area contributed by atoms with Crippen LogP contribution in [0.25, 0.3) is 27.9 Å². The monoisotopic (exact) mass is 339 g/mol. The fraction of sp³-hybridized carbons (Fsp3) is 0.0526. The van der Waals surface area contributed by atoms with Gasteiger partial charge in [0.25, 0.3) is 0 Å². The molecule has 3 nitrogen and oxygen atoms in total. The van der Waals surface area contributed by atoms with Crippen molar-refractivity contribution in [2.45, 2.75) is 6.18 Å². The van der Waals surface area contributed by atoms with Crippen molar-refractivity contribution in [3.05, 3.63) is 78.8 Å². The summed E-state index contributed by atoms with van der Waals surface area (Å²) in [6.45, 7) is 0. The second kappa shape index (κ2) is 5.73. The minimum absolute atomic E-state index is 0.609. The Hall–Kier alpha value is -3.15. The Kier molecular flexibility index (Phi) is 3.53. The SMILES string of the molecule is FC(F)(F)c1ccc2c(-c3ccncc3)c(-c3ccccc3)nn2c1. The van der Waals surface area contributed by atoms with Crippen molar-refractivity contribution in [3.8, 4) is 22.4 Å². The molecule has 3 heterocycles. The molecule has 0 aliphatic heterocycles. The van der Waals surface area contributed by atoms with E-state index in [1.165, 1.54) is 10.6 Å². The van der Waals surface area contributed by atoms with Crippen molar-refractivity contribution in [2.75, 3.05) is 0 Å². The molecule has 4 rings (SSSR count). The Labute approximate surface area is 141 Å². The number of rotatable bonds is 2. The molecule has 0 unspecified atom stereocenters. The fourth-order valence-electron chi connectivity index (χ4n) is 2.82. The molecule has 0 aliphatic rings. The normalized spacial score (nSPS) is 11.8. The quantitative estimate of drug-likeness (QED) is 0.510. The molecule has 6 heteroatoms. The minimum Gasteiger partial charge on any atom is -0.265 e. The zero-order chi connectivity index (χ0) is 17.4. The lowest BCUT2D eigenvalue weighted by molar-refractivity contribution is -0.137. The molecule has 0 atom stereocenters. The zero-order valence-electron chi connectivity index (χ0n) is 12.9. The van der Waals surface area contributed by atoms with Gasteiger partial charge in [-0.3, -0.25) is 4.98 Å². The average molecular weight is 339 g/mol. The van der Waals surface area contributed by atoms with Gasteiger partial charge in [-0.1, -0.05) is 30.3 Å². The first-order chi connectivity index (χ1) is 12.0. The third-order valence-corrected chi connectivity index (χ3v) is 3.97. The average Bonchev–Trinajstić information content (AvgIpc) is 3.01. The van der Waals surface area contributed by atoms with E-state index in [9.17, 15) is 13.2 Å². The number of nitrogens with zero attached hydrogens (tertiary/aromatic N) is 3. The highest BCUT2D eigenvalue weighted by atomic mass is 19.4. The molecule has 0 spiro atoms. The molecular weight excluding hydrogens is 327 g/mol. The van der Waals surface area contributed by atoms with Crippen LogP contribution in [0.3, 0.4) is 0 Å². The van der Waals surface area contributed by atoms with Gasteiger partial charge in [-0.15, -0.1) is 0 Å². The van der Waals surface area contributed by atoms with Crippen LogP contribution in [-0.2, 0) is 6.18 Å². The third-order valence-electron chi connectivity index (χ3n) is 3.97. The Morgan fingerprint density at radius 3 is 2.20 bits per heavy atom. The molecule has 0 amide bonds. The minimum atomic E-state index is -4.41. The van der Waals surface area contributed by atoms with Gasteiger partial charge in [0, 0.05) is 29.7 Å². The summed E-state index contributed by atoms with van der Waals surface area (Å²) in [4.78, 5) is 4.01. The van der Waals surface area contributed by atoms with Crippen molar-refractivity contribution >= 4 is 5.52 Å². The zero-order valence-corrected chi connectivity index (χ0v) is 12.9. The number of aromatic nitrogens is 3. The van der Waals surface area contributed by atoms with Crippen LogP contribution < -0.4 is 0 Å². The molecule has 0 N–H and O–H groups in total. The molecule has 0 fully saturated rings. The molecule has 0 saturated carbocycles. The van der Waals surface area contributed by atoms with Crippen LogP contribution in [0.4, 0.5) is 13.2 Å². The topological polar surface area (TPSA) is 30.2 Å². The predicted octanol–water partition coefficient (Wildman–Crippen LogP) is 5.08. The van der Waals surface area contributed by atoms with E-state index in [1.54, 1.807) is 12.4 Å². The third kappa shape index (κ3) is 2.76. The molecule has 3 aromatic heterocycles. The number of pyridine rings is 2. The van der Waals surface area contributed by atoms with E-state index in [4.69, 9.17) is 0 Å². The Bertz CT molecular complexity index is 1020. The lowest BCUT2D eigenvalue weighted by atomic mass is 10.0. The van der Waals surface area contributed by atoms with Crippen molar-refractivity contribution in [1.82, 2.24) is 14.6 Å². The molecule has 0 aliphatic carbocycles. The summed E-state index contributed by atoms with van der Waals surface area (Å²) < 4.78 is 40.4. The summed E-state index contributed by atoms with van der Waals surface area (Å²) in [5.41, 5.74) is 2.98. The smallest absolute Gasteiger partial charge is 0.265 e. The van der Waals surface area contributed by atoms with E-state index in [1.807, 2.05) is 42.5 Å². The summed E-state index contributed by atoms with van der Waals surface area (Å²) >= 11 is 0. The molecule has 1 aromatic carbocycles. The summed E-state index contributed by atoms with van der Waals surface area (Å²) in [6.07, 6.45) is -0.0915. The van der Waals surface area contributed by atoms with Crippen LogP contribution >= 0.6 is 0 Å². The summed E-state index contributed by atoms with van der Waals surface area (Å²) in [5, 5.41) is 4.43. The number of halogens is 3. The van der Waals surface area contributed by atoms with Gasteiger partial charge < -0.3 is 0 Å². The molecule has 0 bridgehead atoms. The summed E-state index contributed by atoms with van der Waals surface area (Å²) in [7, 11) is 0. The lowest BCUT2D eigenvalue weighted by Crippen LogP contribution is -2.06. The predicted molar refractivity (Wildman–Crippen MR) is 88.9 cm³/mol. The van der Waals surface area contributed by atoms with E-state index in [2.05, 4.69) is 10.1 Å². The largest absolute Gasteiger partial charge is 0.417 e. The van der Waals surface area contributed by atoms with Crippen LogP contribution in [0.2, 0.25) is 0 Å². The first-order valence-electron chi connectivity index (χ1n) is 7.59.